The quantitative estimate of drug-likeness (QED) is 0.742. The number of hydrogen-bond donors (Lipinski definition) is 0. The Labute approximate surface area is 121 Å². The van der Waals surface area contributed by atoms with Gasteiger partial charge in [0, 0.05) is 24.9 Å². The van der Waals surface area contributed by atoms with E-state index in [2.05, 4.69) is 4.90 Å². The van der Waals surface area contributed by atoms with E-state index >= 15 is 0 Å². The topological polar surface area (TPSA) is 46.6 Å². The first kappa shape index (κ1) is 15.5. The van der Waals surface area contributed by atoms with Crippen LogP contribution < -0.4 is 0 Å². The number of nitrogens with zero attached hydrogens (tertiary/aromatic N) is 1. The lowest BCUT2D eigenvalue weighted by Gasteiger charge is -2.36. The van der Waals surface area contributed by atoms with Gasteiger partial charge in [-0.3, -0.25) is 14.5 Å². The molecule has 114 valence electrons. The smallest absolute Gasteiger partial charge is 0.312 e. The van der Waals surface area contributed by atoms with Crippen molar-refractivity contribution < 1.29 is 14.3 Å². The predicted octanol–water partition coefficient (Wildman–Crippen LogP) is 2.41. The predicted molar refractivity (Wildman–Crippen MR) is 77.4 cm³/mol. The van der Waals surface area contributed by atoms with Crippen LogP contribution in [0.5, 0.6) is 0 Å². The summed E-state index contributed by atoms with van der Waals surface area (Å²) < 4.78 is 4.89. The van der Waals surface area contributed by atoms with Crippen LogP contribution in [0.4, 0.5) is 0 Å². The minimum absolute atomic E-state index is 0.168. The molecule has 0 aromatic heterocycles. The molecule has 4 heteroatoms. The molecule has 0 amide bonds. The van der Waals surface area contributed by atoms with Crippen LogP contribution in [-0.4, -0.2) is 42.9 Å². The van der Waals surface area contributed by atoms with E-state index in [-0.39, 0.29) is 11.9 Å². The van der Waals surface area contributed by atoms with Crippen molar-refractivity contribution in [2.75, 3.05) is 20.2 Å². The monoisotopic (exact) mass is 281 g/mol. The number of esters is 1. The van der Waals surface area contributed by atoms with Crippen LogP contribution in [-0.2, 0) is 14.3 Å². The number of ketones is 1. The average molecular weight is 281 g/mol. The Bertz CT molecular complexity index is 378. The minimum atomic E-state index is -0.505. The van der Waals surface area contributed by atoms with Crippen LogP contribution in [0.25, 0.3) is 0 Å². The lowest BCUT2D eigenvalue weighted by Crippen LogP contribution is -2.46. The van der Waals surface area contributed by atoms with E-state index in [1.807, 2.05) is 13.8 Å². The third kappa shape index (κ3) is 3.22. The summed E-state index contributed by atoms with van der Waals surface area (Å²) in [5.74, 6) is 0.460. The Kier molecular flexibility index (Phi) is 4.84. The van der Waals surface area contributed by atoms with E-state index in [0.717, 1.165) is 38.6 Å². The lowest BCUT2D eigenvalue weighted by atomic mass is 9.81. The second-order valence-electron chi connectivity index (χ2n) is 6.87. The molecule has 1 saturated carbocycles. The standard InChI is InChI=1S/C16H27NO3/c1-16(2,15(19)20-3)11-17-10-6-8-13(17)12-7-4-5-9-14(12)18/h12-13H,4-11H2,1-3H3. The number of carbonyl (C=O) groups excluding carboxylic acids is 2. The van der Waals surface area contributed by atoms with Gasteiger partial charge in [-0.15, -0.1) is 0 Å². The van der Waals surface area contributed by atoms with Crippen LogP contribution in [0.15, 0.2) is 0 Å². The zero-order valence-corrected chi connectivity index (χ0v) is 13.0. The first-order chi connectivity index (χ1) is 9.45. The molecule has 1 saturated heterocycles. The highest BCUT2D eigenvalue weighted by Gasteiger charge is 2.40. The molecule has 0 aromatic carbocycles. The maximum Gasteiger partial charge on any atom is 0.312 e. The Balaban J connectivity index is 2.03. The number of methoxy groups -OCH3 is 1. The van der Waals surface area contributed by atoms with Gasteiger partial charge in [0.25, 0.3) is 0 Å². The van der Waals surface area contributed by atoms with E-state index in [9.17, 15) is 9.59 Å². The van der Waals surface area contributed by atoms with Crippen LogP contribution in [0, 0.1) is 11.3 Å². The molecule has 1 heterocycles. The number of likely N-dealkylation sites (tertiary alicyclic amines) is 1. The molecule has 2 fully saturated rings. The molecule has 2 aliphatic rings. The Morgan fingerprint density at radius 2 is 2.05 bits per heavy atom. The SMILES string of the molecule is COC(=O)C(C)(C)CN1CCCC1C1CCCCC1=O. The fraction of sp³-hybridized carbons (Fsp3) is 0.875. The molecule has 2 rings (SSSR count). The lowest BCUT2D eigenvalue weighted by molar-refractivity contribution is -0.152. The third-order valence-corrected chi connectivity index (χ3v) is 4.82. The Morgan fingerprint density at radius 3 is 2.70 bits per heavy atom. The number of carbonyl (C=O) groups is 2. The summed E-state index contributed by atoms with van der Waals surface area (Å²) >= 11 is 0. The van der Waals surface area contributed by atoms with Gasteiger partial charge in [-0.2, -0.15) is 0 Å². The molecule has 0 radical (unpaired) electrons. The second kappa shape index (κ2) is 6.25. The molecular formula is C16H27NO3. The van der Waals surface area contributed by atoms with Crippen molar-refractivity contribution in [3.63, 3.8) is 0 Å². The fourth-order valence-electron chi connectivity index (χ4n) is 3.77. The summed E-state index contributed by atoms with van der Waals surface area (Å²) in [6, 6.07) is 0.340. The van der Waals surface area contributed by atoms with Gasteiger partial charge in [-0.05, 0) is 46.1 Å². The van der Waals surface area contributed by atoms with E-state index in [1.54, 1.807) is 0 Å². The van der Waals surface area contributed by atoms with Gasteiger partial charge in [0.1, 0.15) is 5.78 Å². The van der Waals surface area contributed by atoms with Gasteiger partial charge < -0.3 is 4.74 Å². The molecule has 0 aromatic rings. The van der Waals surface area contributed by atoms with Crippen molar-refractivity contribution in [2.24, 2.45) is 11.3 Å². The first-order valence-corrected chi connectivity index (χ1v) is 7.81. The summed E-state index contributed by atoms with van der Waals surface area (Å²) in [5.41, 5.74) is -0.505. The number of ether oxygens (including phenoxy) is 1. The summed E-state index contributed by atoms with van der Waals surface area (Å²) in [4.78, 5) is 26.4. The number of hydrogen-bond acceptors (Lipinski definition) is 4. The molecule has 0 spiro atoms. The first-order valence-electron chi connectivity index (χ1n) is 7.81. The Hall–Kier alpha value is -0.900. The van der Waals surface area contributed by atoms with Gasteiger partial charge in [-0.25, -0.2) is 0 Å². The highest BCUT2D eigenvalue weighted by Crippen LogP contribution is 2.34. The highest BCUT2D eigenvalue weighted by molar-refractivity contribution is 5.82. The summed E-state index contributed by atoms with van der Waals surface area (Å²) in [6.45, 7) is 5.54. The van der Waals surface area contributed by atoms with Gasteiger partial charge in [0.05, 0.1) is 12.5 Å². The van der Waals surface area contributed by atoms with Gasteiger partial charge in [-0.1, -0.05) is 6.42 Å². The normalized spacial score (nSPS) is 28.6. The van der Waals surface area contributed by atoms with Crippen molar-refractivity contribution in [1.29, 1.82) is 0 Å². The Morgan fingerprint density at radius 1 is 1.30 bits per heavy atom. The molecule has 1 aliphatic heterocycles. The number of rotatable bonds is 4. The van der Waals surface area contributed by atoms with E-state index in [1.165, 1.54) is 13.5 Å². The molecule has 20 heavy (non-hydrogen) atoms. The maximum atomic E-state index is 12.2. The fourth-order valence-corrected chi connectivity index (χ4v) is 3.77. The highest BCUT2D eigenvalue weighted by atomic mass is 16.5. The second-order valence-corrected chi connectivity index (χ2v) is 6.87. The molecular weight excluding hydrogens is 254 g/mol. The zero-order valence-electron chi connectivity index (χ0n) is 13.0. The van der Waals surface area contributed by atoms with E-state index in [4.69, 9.17) is 4.74 Å². The zero-order chi connectivity index (χ0) is 14.8. The summed E-state index contributed by atoms with van der Waals surface area (Å²) in [5, 5.41) is 0. The molecule has 2 unspecified atom stereocenters. The molecule has 2 atom stereocenters. The van der Waals surface area contributed by atoms with Gasteiger partial charge >= 0.3 is 5.97 Å². The van der Waals surface area contributed by atoms with Crippen LogP contribution >= 0.6 is 0 Å². The van der Waals surface area contributed by atoms with Crippen molar-refractivity contribution in [1.82, 2.24) is 4.90 Å². The van der Waals surface area contributed by atoms with E-state index < -0.39 is 5.41 Å². The maximum absolute atomic E-state index is 12.2. The molecule has 4 nitrogen and oxygen atoms in total. The van der Waals surface area contributed by atoms with Gasteiger partial charge in [0.2, 0.25) is 0 Å². The van der Waals surface area contributed by atoms with Crippen molar-refractivity contribution in [3.05, 3.63) is 0 Å². The third-order valence-electron chi connectivity index (χ3n) is 4.82. The average Bonchev–Trinajstić information content (AvgIpc) is 2.85. The largest absolute Gasteiger partial charge is 0.469 e. The van der Waals surface area contributed by atoms with Crippen molar-refractivity contribution in [3.8, 4) is 0 Å². The number of Topliss-reactive ketones (excluding diaryl/α,β-unsaturated/α-hetero) is 1. The van der Waals surface area contributed by atoms with E-state index in [0.29, 0.717) is 18.4 Å². The minimum Gasteiger partial charge on any atom is -0.469 e. The molecule has 1 aliphatic carbocycles. The van der Waals surface area contributed by atoms with Crippen molar-refractivity contribution >= 4 is 11.8 Å². The van der Waals surface area contributed by atoms with Gasteiger partial charge in [0.15, 0.2) is 0 Å². The van der Waals surface area contributed by atoms with Crippen LogP contribution in [0.3, 0.4) is 0 Å². The van der Waals surface area contributed by atoms with Crippen molar-refractivity contribution in [2.45, 2.75) is 58.4 Å². The molecule has 0 N–H and O–H groups in total. The van der Waals surface area contributed by atoms with Crippen LogP contribution in [0.1, 0.15) is 52.4 Å². The summed E-state index contributed by atoms with van der Waals surface area (Å²) in [6.07, 6.45) is 6.21. The summed E-state index contributed by atoms with van der Waals surface area (Å²) in [7, 11) is 1.44. The van der Waals surface area contributed by atoms with Crippen LogP contribution in [0.2, 0.25) is 0 Å². The molecule has 0 bridgehead atoms.